The monoisotopic (exact) mass is 673 g/mol. The second-order valence-electron chi connectivity index (χ2n) is 15.2. The van der Waals surface area contributed by atoms with Crippen molar-refractivity contribution < 1.29 is 0 Å². The molecule has 1 unspecified atom stereocenters. The predicted octanol–water partition coefficient (Wildman–Crippen LogP) is 10.9. The highest BCUT2D eigenvalue weighted by molar-refractivity contribution is 7.00. The summed E-state index contributed by atoms with van der Waals surface area (Å²) in [5.74, 6) is 0.518. The van der Waals surface area contributed by atoms with Crippen molar-refractivity contribution in [3.8, 4) is 0 Å². The Kier molecular flexibility index (Phi) is 7.73. The van der Waals surface area contributed by atoms with E-state index < -0.39 is 0 Å². The lowest BCUT2D eigenvalue weighted by molar-refractivity contribution is 0.728. The van der Waals surface area contributed by atoms with E-state index in [0.29, 0.717) is 5.92 Å². The van der Waals surface area contributed by atoms with Crippen LogP contribution in [0.1, 0.15) is 41.2 Å². The largest absolute Gasteiger partial charge is 0.312 e. The topological polar surface area (TPSA) is 9.72 Å². The van der Waals surface area contributed by atoms with E-state index in [2.05, 4.69) is 196 Å². The van der Waals surface area contributed by atoms with E-state index in [1.54, 1.807) is 0 Å². The van der Waals surface area contributed by atoms with Crippen molar-refractivity contribution in [3.05, 3.63) is 173 Å². The van der Waals surface area contributed by atoms with Crippen molar-refractivity contribution in [2.24, 2.45) is 5.92 Å². The van der Waals surface area contributed by atoms with E-state index in [1.807, 2.05) is 0 Å². The highest BCUT2D eigenvalue weighted by Gasteiger charge is 2.44. The van der Waals surface area contributed by atoms with Gasteiger partial charge in [0.15, 0.2) is 0 Å². The van der Waals surface area contributed by atoms with Crippen molar-refractivity contribution in [3.63, 3.8) is 0 Å². The van der Waals surface area contributed by atoms with Gasteiger partial charge in [0.05, 0.1) is 5.69 Å². The zero-order valence-corrected chi connectivity index (χ0v) is 31.0. The third-order valence-electron chi connectivity index (χ3n) is 11.0. The first kappa shape index (κ1) is 32.2. The minimum atomic E-state index is 0.0843. The van der Waals surface area contributed by atoms with E-state index in [1.165, 1.54) is 72.7 Å². The summed E-state index contributed by atoms with van der Waals surface area (Å²) in [6, 6.07) is 45.9. The normalized spacial score (nSPS) is 15.5. The summed E-state index contributed by atoms with van der Waals surface area (Å²) in [7, 11) is 0. The SMILES string of the molecule is Cc1ccc(N(c2ccc(C)cc2)c2cc3c4c(c2)N(c2ccc(C)cc2)c2ccc(C)cc2B4c2cc(C)ccc2N3C2=CCC(C)C=C2)cc1. The van der Waals surface area contributed by atoms with Crippen LogP contribution in [0.15, 0.2) is 145 Å². The first-order valence-corrected chi connectivity index (χ1v) is 18.6. The molecule has 4 heteroatoms. The van der Waals surface area contributed by atoms with Crippen molar-refractivity contribution in [1.29, 1.82) is 0 Å². The lowest BCUT2D eigenvalue weighted by Gasteiger charge is -2.45. The van der Waals surface area contributed by atoms with Crippen LogP contribution in [0.25, 0.3) is 0 Å². The molecule has 0 aromatic heterocycles. The van der Waals surface area contributed by atoms with Gasteiger partial charge < -0.3 is 14.7 Å². The first-order chi connectivity index (χ1) is 25.2. The molecule has 0 saturated heterocycles. The Balaban J connectivity index is 1.40. The maximum absolute atomic E-state index is 2.55. The number of rotatable bonds is 5. The van der Waals surface area contributed by atoms with Gasteiger partial charge in [0, 0.05) is 45.5 Å². The molecule has 6 aromatic rings. The summed E-state index contributed by atoms with van der Waals surface area (Å²) in [6.07, 6.45) is 8.16. The summed E-state index contributed by atoms with van der Waals surface area (Å²) in [5, 5.41) is 0. The average molecular weight is 674 g/mol. The van der Waals surface area contributed by atoms with Crippen LogP contribution in [0, 0.1) is 40.5 Å². The molecule has 0 bridgehead atoms. The molecule has 3 aliphatic rings. The minimum Gasteiger partial charge on any atom is -0.312 e. The van der Waals surface area contributed by atoms with Gasteiger partial charge in [-0.1, -0.05) is 108 Å². The molecular formula is C48H44BN3. The molecule has 0 radical (unpaired) electrons. The molecule has 3 nitrogen and oxygen atoms in total. The van der Waals surface area contributed by atoms with Crippen LogP contribution in [0.4, 0.5) is 45.5 Å². The second-order valence-corrected chi connectivity index (χ2v) is 15.2. The van der Waals surface area contributed by atoms with Crippen LogP contribution in [0.2, 0.25) is 0 Å². The van der Waals surface area contributed by atoms with Gasteiger partial charge in [-0.3, -0.25) is 0 Å². The highest BCUT2D eigenvalue weighted by Crippen LogP contribution is 2.47. The average Bonchev–Trinajstić information content (AvgIpc) is 3.14. The van der Waals surface area contributed by atoms with Crippen LogP contribution in [-0.2, 0) is 0 Å². The molecule has 9 rings (SSSR count). The highest BCUT2D eigenvalue weighted by atomic mass is 15.2. The van der Waals surface area contributed by atoms with E-state index in [9.17, 15) is 0 Å². The van der Waals surface area contributed by atoms with Gasteiger partial charge in [-0.25, -0.2) is 0 Å². The van der Waals surface area contributed by atoms with Gasteiger partial charge in [0.25, 0.3) is 6.71 Å². The van der Waals surface area contributed by atoms with E-state index >= 15 is 0 Å². The van der Waals surface area contributed by atoms with Crippen molar-refractivity contribution >= 4 is 68.6 Å². The van der Waals surface area contributed by atoms with Crippen LogP contribution in [-0.4, -0.2) is 6.71 Å². The fraction of sp³-hybridized carbons (Fsp3) is 0.167. The van der Waals surface area contributed by atoms with Gasteiger partial charge in [-0.2, -0.15) is 0 Å². The Morgan fingerprint density at radius 3 is 1.52 bits per heavy atom. The molecule has 2 aliphatic heterocycles. The number of hydrogen-bond acceptors (Lipinski definition) is 3. The van der Waals surface area contributed by atoms with Crippen LogP contribution in [0.3, 0.4) is 0 Å². The molecule has 0 amide bonds. The maximum Gasteiger partial charge on any atom is 0.252 e. The second kappa shape index (κ2) is 12.5. The summed E-state index contributed by atoms with van der Waals surface area (Å²) >= 11 is 0. The summed E-state index contributed by atoms with van der Waals surface area (Å²) in [5.41, 5.74) is 21.1. The number of nitrogens with zero attached hydrogens (tertiary/aromatic N) is 3. The molecular weight excluding hydrogens is 629 g/mol. The Bertz CT molecular complexity index is 2360. The van der Waals surface area contributed by atoms with E-state index in [-0.39, 0.29) is 6.71 Å². The number of anilines is 8. The molecule has 1 atom stereocenters. The standard InChI is InChI=1S/C48H44BN3/c1-31-7-17-37(18-8-31)50(38-19-9-32(2)10-20-38)41-29-46-48-47(30-41)52(40-23-13-34(4)14-24-40)45-26-16-36(6)28-43(45)49(48)42-27-35(5)15-25-44(42)51(46)39-21-11-33(3)12-22-39/h7-13,15-30,34H,14H2,1-6H3. The van der Waals surface area contributed by atoms with Gasteiger partial charge in [-0.05, 0) is 130 Å². The van der Waals surface area contributed by atoms with Gasteiger partial charge in [0.2, 0.25) is 0 Å². The van der Waals surface area contributed by atoms with Crippen molar-refractivity contribution in [1.82, 2.24) is 0 Å². The Hall–Kier alpha value is -5.74. The number of fused-ring (bicyclic) bond motifs is 4. The van der Waals surface area contributed by atoms with Crippen LogP contribution < -0.4 is 31.1 Å². The first-order valence-electron chi connectivity index (χ1n) is 18.6. The Morgan fingerprint density at radius 1 is 0.519 bits per heavy atom. The third kappa shape index (κ3) is 5.37. The summed E-state index contributed by atoms with van der Waals surface area (Å²) in [6.45, 7) is 13.3. The molecule has 2 heterocycles. The molecule has 254 valence electrons. The van der Waals surface area contributed by atoms with Gasteiger partial charge in [-0.15, -0.1) is 0 Å². The molecule has 1 aliphatic carbocycles. The Morgan fingerprint density at radius 2 is 1.00 bits per heavy atom. The van der Waals surface area contributed by atoms with Gasteiger partial charge in [0.1, 0.15) is 0 Å². The number of hydrogen-bond donors (Lipinski definition) is 0. The molecule has 0 fully saturated rings. The summed E-state index contributed by atoms with van der Waals surface area (Å²) in [4.78, 5) is 7.49. The number of allylic oxidation sites excluding steroid dienone is 3. The molecule has 0 N–H and O–H groups in total. The Labute approximate surface area is 309 Å². The smallest absolute Gasteiger partial charge is 0.252 e. The number of aryl methyl sites for hydroxylation is 5. The third-order valence-corrected chi connectivity index (χ3v) is 11.0. The molecule has 0 saturated carbocycles. The zero-order chi connectivity index (χ0) is 35.7. The summed E-state index contributed by atoms with van der Waals surface area (Å²) < 4.78 is 0. The quantitative estimate of drug-likeness (QED) is 0.168. The lowest BCUT2D eigenvalue weighted by Crippen LogP contribution is -2.61. The fourth-order valence-electron chi connectivity index (χ4n) is 8.33. The van der Waals surface area contributed by atoms with Crippen LogP contribution in [0.5, 0.6) is 0 Å². The fourth-order valence-corrected chi connectivity index (χ4v) is 8.33. The van der Waals surface area contributed by atoms with Gasteiger partial charge >= 0.3 is 0 Å². The minimum absolute atomic E-state index is 0.0843. The molecule has 52 heavy (non-hydrogen) atoms. The lowest BCUT2D eigenvalue weighted by atomic mass is 9.33. The van der Waals surface area contributed by atoms with E-state index in [4.69, 9.17) is 0 Å². The number of benzene rings is 6. The van der Waals surface area contributed by atoms with Crippen molar-refractivity contribution in [2.45, 2.75) is 48.0 Å². The van der Waals surface area contributed by atoms with Crippen LogP contribution >= 0.6 is 0 Å². The molecule has 6 aromatic carbocycles. The van der Waals surface area contributed by atoms with Crippen molar-refractivity contribution in [2.75, 3.05) is 14.7 Å². The molecule has 0 spiro atoms. The maximum atomic E-state index is 2.55. The zero-order valence-electron chi connectivity index (χ0n) is 31.0. The predicted molar refractivity (Wildman–Crippen MR) is 224 cm³/mol. The van der Waals surface area contributed by atoms with E-state index in [0.717, 1.165) is 29.2 Å².